The first-order valence-corrected chi connectivity index (χ1v) is 7.69. The minimum absolute atomic E-state index is 0.231. The monoisotopic (exact) mass is 330 g/mol. The molecule has 0 saturated heterocycles. The van der Waals surface area contributed by atoms with Gasteiger partial charge in [-0.25, -0.2) is 4.79 Å². The van der Waals surface area contributed by atoms with Crippen molar-refractivity contribution >= 4 is 11.9 Å². The molecule has 2 aromatic rings. The lowest BCUT2D eigenvalue weighted by Crippen LogP contribution is -2.40. The highest BCUT2D eigenvalue weighted by Gasteiger charge is 2.24. The van der Waals surface area contributed by atoms with E-state index >= 15 is 0 Å². The second kappa shape index (κ2) is 7.16. The molecule has 0 fully saturated rings. The Labute approximate surface area is 140 Å². The van der Waals surface area contributed by atoms with Gasteiger partial charge in [0.15, 0.2) is 0 Å². The molecule has 0 aliphatic heterocycles. The quantitative estimate of drug-likeness (QED) is 0.793. The first-order valence-electron chi connectivity index (χ1n) is 7.69. The largest absolute Gasteiger partial charge is 0.480 e. The molecule has 2 N–H and O–H groups in total. The summed E-state index contributed by atoms with van der Waals surface area (Å²) in [5, 5.41) is 16.0. The van der Waals surface area contributed by atoms with Gasteiger partial charge >= 0.3 is 5.97 Å². The van der Waals surface area contributed by atoms with Gasteiger partial charge in [-0.2, -0.15) is 5.10 Å². The number of carbonyl (C=O) groups excluding carboxylic acids is 1. The van der Waals surface area contributed by atoms with Crippen LogP contribution in [0.1, 0.15) is 35.1 Å². The van der Waals surface area contributed by atoms with Gasteiger partial charge in [-0.3, -0.25) is 9.48 Å². The fourth-order valence-corrected chi connectivity index (χ4v) is 2.59. The van der Waals surface area contributed by atoms with Crippen LogP contribution in [0.15, 0.2) is 30.5 Å². The van der Waals surface area contributed by atoms with E-state index in [0.717, 1.165) is 11.4 Å². The van der Waals surface area contributed by atoms with Crippen molar-refractivity contribution in [1.82, 2.24) is 19.7 Å². The van der Waals surface area contributed by atoms with E-state index in [1.54, 1.807) is 30.8 Å². The smallest absolute Gasteiger partial charge is 0.326 e. The van der Waals surface area contributed by atoms with E-state index in [9.17, 15) is 14.7 Å². The summed E-state index contributed by atoms with van der Waals surface area (Å²) >= 11 is 0. The molecule has 24 heavy (non-hydrogen) atoms. The van der Waals surface area contributed by atoms with E-state index < -0.39 is 17.9 Å². The SMILES string of the molecule is C/C=C/CC(NC(=O)c1cnn(C)c1-n1c(C)ccc1C)C(=O)O. The van der Waals surface area contributed by atoms with Crippen molar-refractivity contribution in [2.24, 2.45) is 7.05 Å². The summed E-state index contributed by atoms with van der Waals surface area (Å²) < 4.78 is 3.53. The number of rotatable bonds is 6. The number of carbonyl (C=O) groups is 2. The molecule has 0 saturated carbocycles. The van der Waals surface area contributed by atoms with Gasteiger partial charge in [-0.05, 0) is 39.3 Å². The van der Waals surface area contributed by atoms with E-state index in [1.807, 2.05) is 30.5 Å². The number of allylic oxidation sites excluding steroid dienone is 1. The summed E-state index contributed by atoms with van der Waals surface area (Å²) in [7, 11) is 1.75. The van der Waals surface area contributed by atoms with Crippen LogP contribution in [0.4, 0.5) is 0 Å². The van der Waals surface area contributed by atoms with E-state index in [2.05, 4.69) is 10.4 Å². The van der Waals surface area contributed by atoms with E-state index in [-0.39, 0.29) is 6.42 Å². The average Bonchev–Trinajstić information content (AvgIpc) is 3.05. The van der Waals surface area contributed by atoms with Crippen molar-refractivity contribution in [3.05, 3.63) is 47.4 Å². The summed E-state index contributed by atoms with van der Waals surface area (Å²) in [6, 6.07) is 2.93. The van der Waals surface area contributed by atoms with Crippen LogP contribution in [0, 0.1) is 13.8 Å². The van der Waals surface area contributed by atoms with Crippen molar-refractivity contribution in [3.63, 3.8) is 0 Å². The predicted molar refractivity (Wildman–Crippen MR) is 90.3 cm³/mol. The maximum absolute atomic E-state index is 12.6. The summed E-state index contributed by atoms with van der Waals surface area (Å²) in [6.45, 7) is 5.68. The number of nitrogens with one attached hydrogen (secondary N) is 1. The molecule has 0 aliphatic rings. The Morgan fingerprint density at radius 1 is 1.33 bits per heavy atom. The van der Waals surface area contributed by atoms with Crippen molar-refractivity contribution < 1.29 is 14.7 Å². The van der Waals surface area contributed by atoms with E-state index in [0.29, 0.717) is 11.4 Å². The number of aryl methyl sites for hydroxylation is 3. The Hall–Kier alpha value is -2.83. The van der Waals surface area contributed by atoms with Crippen LogP contribution in [0.5, 0.6) is 0 Å². The molecule has 1 unspecified atom stereocenters. The number of amides is 1. The van der Waals surface area contributed by atoms with Crippen molar-refractivity contribution in [3.8, 4) is 5.82 Å². The molecule has 1 amide bonds. The second-order valence-corrected chi connectivity index (χ2v) is 5.63. The maximum atomic E-state index is 12.6. The van der Waals surface area contributed by atoms with Gasteiger partial charge in [-0.1, -0.05) is 12.2 Å². The van der Waals surface area contributed by atoms with Crippen LogP contribution >= 0.6 is 0 Å². The highest BCUT2D eigenvalue weighted by molar-refractivity contribution is 5.99. The zero-order valence-electron chi connectivity index (χ0n) is 14.3. The number of nitrogens with zero attached hydrogens (tertiary/aromatic N) is 3. The lowest BCUT2D eigenvalue weighted by molar-refractivity contribution is -0.139. The minimum Gasteiger partial charge on any atom is -0.480 e. The molecule has 0 spiro atoms. The van der Waals surface area contributed by atoms with Crippen LogP contribution in [0.2, 0.25) is 0 Å². The molecule has 7 heteroatoms. The highest BCUT2D eigenvalue weighted by Crippen LogP contribution is 2.20. The predicted octanol–water partition coefficient (Wildman–Crippen LogP) is 1.98. The van der Waals surface area contributed by atoms with Crippen LogP contribution in [-0.2, 0) is 11.8 Å². The molecule has 2 heterocycles. The molecule has 0 radical (unpaired) electrons. The molecule has 0 aliphatic carbocycles. The van der Waals surface area contributed by atoms with Gasteiger partial charge in [0, 0.05) is 18.4 Å². The molecule has 0 aromatic carbocycles. The van der Waals surface area contributed by atoms with Gasteiger partial charge in [0.2, 0.25) is 0 Å². The van der Waals surface area contributed by atoms with Crippen molar-refractivity contribution in [2.45, 2.75) is 33.2 Å². The fraction of sp³-hybridized carbons (Fsp3) is 0.353. The third kappa shape index (κ3) is 3.40. The third-order valence-corrected chi connectivity index (χ3v) is 3.85. The Kier molecular flexibility index (Phi) is 5.23. The number of carboxylic acids is 1. The Balaban J connectivity index is 2.36. The van der Waals surface area contributed by atoms with Crippen LogP contribution in [0.3, 0.4) is 0 Å². The number of carboxylic acid groups (broad SMARTS) is 1. The van der Waals surface area contributed by atoms with Crippen molar-refractivity contribution in [2.75, 3.05) is 0 Å². The van der Waals surface area contributed by atoms with Gasteiger partial charge in [0.1, 0.15) is 17.4 Å². The molecule has 0 bridgehead atoms. The molecule has 2 aromatic heterocycles. The molecular formula is C17H22N4O3. The molecule has 1 atom stereocenters. The first-order chi connectivity index (χ1) is 11.4. The Morgan fingerprint density at radius 3 is 2.50 bits per heavy atom. The van der Waals surface area contributed by atoms with Crippen LogP contribution < -0.4 is 5.32 Å². The lowest BCUT2D eigenvalue weighted by Gasteiger charge is -2.15. The van der Waals surface area contributed by atoms with E-state index in [1.165, 1.54) is 6.20 Å². The Morgan fingerprint density at radius 2 is 1.96 bits per heavy atom. The minimum atomic E-state index is -1.07. The van der Waals surface area contributed by atoms with Crippen LogP contribution in [0.25, 0.3) is 5.82 Å². The normalized spacial score (nSPS) is 12.5. The zero-order valence-corrected chi connectivity index (χ0v) is 14.3. The standard InChI is InChI=1S/C17H22N4O3/c1-5-6-7-14(17(23)24)19-15(22)13-10-18-20(4)16(13)21-11(2)8-9-12(21)3/h5-6,8-10,14H,7H2,1-4H3,(H,19,22)(H,23,24)/b6-5+. The third-order valence-electron chi connectivity index (χ3n) is 3.85. The number of hydrogen-bond donors (Lipinski definition) is 2. The number of hydrogen-bond acceptors (Lipinski definition) is 3. The van der Waals surface area contributed by atoms with Gasteiger partial charge in [0.25, 0.3) is 5.91 Å². The summed E-state index contributed by atoms with van der Waals surface area (Å²) in [5.41, 5.74) is 2.27. The maximum Gasteiger partial charge on any atom is 0.326 e. The summed E-state index contributed by atoms with van der Waals surface area (Å²) in [6.07, 6.45) is 5.15. The van der Waals surface area contributed by atoms with Crippen LogP contribution in [-0.4, -0.2) is 37.4 Å². The Bertz CT molecular complexity index is 766. The molecule has 128 valence electrons. The first kappa shape index (κ1) is 17.5. The zero-order chi connectivity index (χ0) is 17.9. The number of aliphatic carboxylic acids is 1. The van der Waals surface area contributed by atoms with Crippen molar-refractivity contribution in [1.29, 1.82) is 0 Å². The van der Waals surface area contributed by atoms with Gasteiger partial charge < -0.3 is 15.0 Å². The molecular weight excluding hydrogens is 308 g/mol. The molecule has 7 nitrogen and oxygen atoms in total. The molecule has 2 rings (SSSR count). The summed E-state index contributed by atoms with van der Waals surface area (Å²) in [5.74, 6) is -0.912. The second-order valence-electron chi connectivity index (χ2n) is 5.63. The van der Waals surface area contributed by atoms with Gasteiger partial charge in [-0.15, -0.1) is 0 Å². The lowest BCUT2D eigenvalue weighted by atomic mass is 10.1. The van der Waals surface area contributed by atoms with E-state index in [4.69, 9.17) is 0 Å². The average molecular weight is 330 g/mol. The number of aromatic nitrogens is 3. The topological polar surface area (TPSA) is 89.2 Å². The highest BCUT2D eigenvalue weighted by atomic mass is 16.4. The van der Waals surface area contributed by atoms with Gasteiger partial charge in [0.05, 0.1) is 6.20 Å². The summed E-state index contributed by atoms with van der Waals surface area (Å²) in [4.78, 5) is 23.9. The fourth-order valence-electron chi connectivity index (χ4n) is 2.59.